The largest absolute Gasteiger partial charge is 0.373 e. The highest BCUT2D eigenvalue weighted by atomic mass is 15.0. The van der Waals surface area contributed by atoms with E-state index in [1.165, 1.54) is 22.3 Å². The van der Waals surface area contributed by atoms with Crippen LogP contribution < -0.4 is 5.32 Å². The molecule has 1 atom stereocenters. The van der Waals surface area contributed by atoms with Crippen molar-refractivity contribution in [3.05, 3.63) is 307 Å². The van der Waals surface area contributed by atoms with E-state index in [-0.39, 0.29) is 6.04 Å². The SMILES string of the molecule is c1ccc(C2=C(c3ccccc3)C(c3cccc(-c4ccc(-c5nc(-c6ccc(-c7ccccc7)cc6)nc(-c6ccc(-c7ccccc7)cc6)n5)cc4)c3)=C(c3ccccc3)C(c3ccccc3)N2)cc1. The van der Waals surface area contributed by atoms with E-state index in [9.17, 15) is 0 Å². The molecule has 0 radical (unpaired) electrons. The van der Waals surface area contributed by atoms with Gasteiger partial charge >= 0.3 is 0 Å². The predicted octanol–water partition coefficient (Wildman–Crippen LogP) is 16.7. The highest BCUT2D eigenvalue weighted by molar-refractivity contribution is 6.24. The summed E-state index contributed by atoms with van der Waals surface area (Å²) in [6.45, 7) is 0. The van der Waals surface area contributed by atoms with Gasteiger partial charge in [0.15, 0.2) is 17.5 Å². The lowest BCUT2D eigenvalue weighted by Crippen LogP contribution is -2.27. The summed E-state index contributed by atoms with van der Waals surface area (Å²) >= 11 is 0. The van der Waals surface area contributed by atoms with Crippen LogP contribution in [0.25, 0.3) is 90.0 Å². The first-order valence-corrected chi connectivity index (χ1v) is 24.5. The highest BCUT2D eigenvalue weighted by Gasteiger charge is 2.33. The molecule has 0 saturated carbocycles. The van der Waals surface area contributed by atoms with Crippen LogP contribution in [-0.4, -0.2) is 15.0 Å². The molecular formula is C68H48N4. The summed E-state index contributed by atoms with van der Waals surface area (Å²) in [5.74, 6) is 1.85. The van der Waals surface area contributed by atoms with Gasteiger partial charge in [-0.3, -0.25) is 0 Å². The maximum absolute atomic E-state index is 5.14. The average Bonchev–Trinajstić information content (AvgIpc) is 3.48. The molecule has 0 aliphatic carbocycles. The van der Waals surface area contributed by atoms with E-state index < -0.39 is 0 Å². The van der Waals surface area contributed by atoms with Crippen LogP contribution in [0.4, 0.5) is 0 Å². The van der Waals surface area contributed by atoms with Crippen LogP contribution in [0.15, 0.2) is 279 Å². The molecule has 0 bridgehead atoms. The van der Waals surface area contributed by atoms with Crippen LogP contribution in [0.1, 0.15) is 33.9 Å². The van der Waals surface area contributed by atoms with E-state index >= 15 is 0 Å². The van der Waals surface area contributed by atoms with Crippen LogP contribution in [0.3, 0.4) is 0 Å². The zero-order valence-corrected chi connectivity index (χ0v) is 39.5. The third-order valence-electron chi connectivity index (χ3n) is 13.5. The van der Waals surface area contributed by atoms with E-state index in [4.69, 9.17) is 15.0 Å². The van der Waals surface area contributed by atoms with Gasteiger partial charge in [0.2, 0.25) is 0 Å². The third kappa shape index (κ3) is 8.97. The molecule has 0 fully saturated rings. The lowest BCUT2D eigenvalue weighted by molar-refractivity contribution is 0.787. The second-order valence-corrected chi connectivity index (χ2v) is 18.0. The normalized spacial score (nSPS) is 13.4. The van der Waals surface area contributed by atoms with Gasteiger partial charge < -0.3 is 5.32 Å². The molecule has 0 amide bonds. The van der Waals surface area contributed by atoms with Crippen molar-refractivity contribution >= 4 is 22.4 Å². The molecule has 11 aromatic rings. The van der Waals surface area contributed by atoms with Crippen molar-refractivity contribution in [3.8, 4) is 67.5 Å². The smallest absolute Gasteiger partial charge is 0.164 e. The number of hydrogen-bond donors (Lipinski definition) is 1. The molecule has 1 aliphatic heterocycles. The van der Waals surface area contributed by atoms with Crippen molar-refractivity contribution < 1.29 is 0 Å². The molecule has 0 saturated heterocycles. The van der Waals surface area contributed by atoms with Crippen molar-refractivity contribution in [1.82, 2.24) is 20.3 Å². The fourth-order valence-corrected chi connectivity index (χ4v) is 9.86. The van der Waals surface area contributed by atoms with Gasteiger partial charge in [-0.05, 0) is 78.4 Å². The van der Waals surface area contributed by atoms with E-state index in [2.05, 4.69) is 272 Å². The topological polar surface area (TPSA) is 50.7 Å². The number of nitrogens with zero attached hydrogens (tertiary/aromatic N) is 3. The molecule has 1 aliphatic rings. The molecule has 0 spiro atoms. The monoisotopic (exact) mass is 920 g/mol. The molecule has 10 aromatic carbocycles. The minimum atomic E-state index is -0.132. The van der Waals surface area contributed by atoms with Gasteiger partial charge in [-0.25, -0.2) is 15.0 Å². The van der Waals surface area contributed by atoms with Gasteiger partial charge in [0, 0.05) is 22.3 Å². The maximum Gasteiger partial charge on any atom is 0.164 e. The lowest BCUT2D eigenvalue weighted by atomic mass is 9.76. The Morgan fingerprint density at radius 2 is 0.556 bits per heavy atom. The van der Waals surface area contributed by atoms with Crippen molar-refractivity contribution in [1.29, 1.82) is 0 Å². The quantitative estimate of drug-likeness (QED) is 0.140. The molecule has 1 unspecified atom stereocenters. The zero-order chi connectivity index (χ0) is 48.1. The number of allylic oxidation sites excluding steroid dienone is 2. The van der Waals surface area contributed by atoms with E-state index in [0.29, 0.717) is 17.5 Å². The number of benzene rings is 10. The molecule has 4 nitrogen and oxygen atoms in total. The molecule has 12 rings (SSSR count). The summed E-state index contributed by atoms with van der Waals surface area (Å²) in [5.41, 5.74) is 20.0. The Bertz CT molecular complexity index is 3590. The highest BCUT2D eigenvalue weighted by Crippen LogP contribution is 2.50. The predicted molar refractivity (Wildman–Crippen MR) is 298 cm³/mol. The Hall–Kier alpha value is -9.51. The van der Waals surface area contributed by atoms with Gasteiger partial charge in [0.25, 0.3) is 0 Å². The molecule has 1 N–H and O–H groups in total. The molecule has 2 heterocycles. The van der Waals surface area contributed by atoms with E-state index in [1.54, 1.807) is 0 Å². The van der Waals surface area contributed by atoms with Crippen LogP contribution in [0, 0.1) is 0 Å². The summed E-state index contributed by atoms with van der Waals surface area (Å²) in [5, 5.41) is 4.10. The summed E-state index contributed by atoms with van der Waals surface area (Å²) < 4.78 is 0. The standard InChI is InChI=1S/C68H48N4/c1-7-20-47(21-8-1)49-34-40-56(41-35-49)66-70-67(57-42-36-50(37-43-57)48-22-9-2-10-23-48)72-68(71-66)58-44-38-51(39-45-58)59-32-19-33-60(46-59)61-62(52-24-11-3-12-25-52)64(54-28-15-5-16-29-54)69-65(55-30-17-6-18-31-55)63(61)53-26-13-4-14-27-53/h1-46,64,69H. The number of dihydropyridines is 1. The van der Waals surface area contributed by atoms with Crippen molar-refractivity contribution in [2.45, 2.75) is 6.04 Å². The fourth-order valence-electron chi connectivity index (χ4n) is 9.86. The summed E-state index contributed by atoms with van der Waals surface area (Å²) in [7, 11) is 0. The average molecular weight is 921 g/mol. The lowest BCUT2D eigenvalue weighted by Gasteiger charge is -2.36. The minimum Gasteiger partial charge on any atom is -0.373 e. The first-order valence-electron chi connectivity index (χ1n) is 24.5. The molecule has 340 valence electrons. The maximum atomic E-state index is 5.14. The Kier molecular flexibility index (Phi) is 12.1. The number of rotatable bonds is 11. The Morgan fingerprint density at radius 1 is 0.236 bits per heavy atom. The number of nitrogens with one attached hydrogen (secondary N) is 1. The van der Waals surface area contributed by atoms with Crippen LogP contribution in [0.5, 0.6) is 0 Å². The Morgan fingerprint density at radius 3 is 1.00 bits per heavy atom. The fraction of sp³-hybridized carbons (Fsp3) is 0.0147. The van der Waals surface area contributed by atoms with Crippen LogP contribution in [0.2, 0.25) is 0 Å². The van der Waals surface area contributed by atoms with E-state index in [0.717, 1.165) is 78.0 Å². The first-order chi connectivity index (χ1) is 35.7. The van der Waals surface area contributed by atoms with Crippen molar-refractivity contribution in [2.75, 3.05) is 0 Å². The first kappa shape index (κ1) is 43.7. The number of hydrogen-bond acceptors (Lipinski definition) is 4. The van der Waals surface area contributed by atoms with E-state index in [1.807, 2.05) is 12.1 Å². The third-order valence-corrected chi connectivity index (χ3v) is 13.5. The summed E-state index contributed by atoms with van der Waals surface area (Å²) in [6.07, 6.45) is 0. The molecule has 4 heteroatoms. The summed E-state index contributed by atoms with van der Waals surface area (Å²) in [4.78, 5) is 15.4. The Labute approximate surface area is 421 Å². The zero-order valence-electron chi connectivity index (χ0n) is 39.5. The summed E-state index contributed by atoms with van der Waals surface area (Å²) in [6, 6.07) is 98.5. The van der Waals surface area contributed by atoms with Crippen LogP contribution >= 0.6 is 0 Å². The number of aromatic nitrogens is 3. The van der Waals surface area contributed by atoms with Crippen molar-refractivity contribution in [3.63, 3.8) is 0 Å². The molecule has 72 heavy (non-hydrogen) atoms. The van der Waals surface area contributed by atoms with Crippen molar-refractivity contribution in [2.24, 2.45) is 0 Å². The van der Waals surface area contributed by atoms with Gasteiger partial charge in [-0.1, -0.05) is 273 Å². The van der Waals surface area contributed by atoms with Gasteiger partial charge in [-0.2, -0.15) is 0 Å². The van der Waals surface area contributed by atoms with Gasteiger partial charge in [0.05, 0.1) is 11.7 Å². The second kappa shape index (κ2) is 19.8. The molecular weight excluding hydrogens is 873 g/mol. The second-order valence-electron chi connectivity index (χ2n) is 18.0. The Balaban J connectivity index is 0.969. The van der Waals surface area contributed by atoms with Gasteiger partial charge in [-0.15, -0.1) is 0 Å². The molecule has 1 aromatic heterocycles. The van der Waals surface area contributed by atoms with Gasteiger partial charge in [0.1, 0.15) is 0 Å². The minimum absolute atomic E-state index is 0.132. The van der Waals surface area contributed by atoms with Crippen LogP contribution in [-0.2, 0) is 0 Å².